The Morgan fingerprint density at radius 1 is 1.16 bits per heavy atom. The van der Waals surface area contributed by atoms with Crippen LogP contribution in [0.15, 0.2) is 24.3 Å². The monoisotopic (exact) mass is 258 g/mol. The average molecular weight is 258 g/mol. The molecule has 0 saturated heterocycles. The summed E-state index contributed by atoms with van der Waals surface area (Å²) in [5.74, 6) is 2.68. The lowest BCUT2D eigenvalue weighted by atomic mass is 9.83. The van der Waals surface area contributed by atoms with E-state index in [1.165, 1.54) is 37.7 Å². The first-order chi connectivity index (χ1) is 9.26. The number of hydrogen-bond donors (Lipinski definition) is 1. The number of hydrogen-bond acceptors (Lipinski definition) is 1. The van der Waals surface area contributed by atoms with Crippen LogP contribution < -0.4 is 0 Å². The molecular formula is C18H26O. The van der Waals surface area contributed by atoms with E-state index >= 15 is 0 Å². The molecule has 0 amide bonds. The number of rotatable bonds is 5. The van der Waals surface area contributed by atoms with Gasteiger partial charge in [-0.3, -0.25) is 0 Å². The van der Waals surface area contributed by atoms with Gasteiger partial charge in [-0.05, 0) is 61.0 Å². The highest BCUT2D eigenvalue weighted by molar-refractivity contribution is 5.24. The summed E-state index contributed by atoms with van der Waals surface area (Å²) in [5.41, 5.74) is 2.50. The first kappa shape index (κ1) is 13.2. The molecule has 1 N–H and O–H groups in total. The van der Waals surface area contributed by atoms with Gasteiger partial charge in [0.2, 0.25) is 0 Å². The Labute approximate surface area is 117 Å². The third-order valence-electron chi connectivity index (χ3n) is 5.31. The van der Waals surface area contributed by atoms with E-state index in [1.54, 1.807) is 0 Å². The predicted molar refractivity (Wildman–Crippen MR) is 79.0 cm³/mol. The van der Waals surface area contributed by atoms with Gasteiger partial charge in [-0.1, -0.05) is 44.0 Å². The minimum absolute atomic E-state index is 0.250. The molecule has 0 aromatic heterocycles. The van der Waals surface area contributed by atoms with Crippen molar-refractivity contribution < 1.29 is 5.11 Å². The Morgan fingerprint density at radius 3 is 2.53 bits per heavy atom. The number of aliphatic hydroxyl groups is 1. The molecule has 0 heterocycles. The molecule has 2 aliphatic rings. The molecule has 104 valence electrons. The fraction of sp³-hybridized carbons (Fsp3) is 0.667. The summed E-state index contributed by atoms with van der Waals surface area (Å²) in [6, 6.07) is 8.62. The van der Waals surface area contributed by atoms with E-state index < -0.39 is 0 Å². The van der Waals surface area contributed by atoms with Gasteiger partial charge in [0, 0.05) is 0 Å². The minimum atomic E-state index is -0.250. The second-order valence-corrected chi connectivity index (χ2v) is 6.68. The summed E-state index contributed by atoms with van der Waals surface area (Å²) in [7, 11) is 0. The van der Waals surface area contributed by atoms with E-state index in [1.807, 2.05) is 0 Å². The number of benzene rings is 1. The van der Waals surface area contributed by atoms with Gasteiger partial charge < -0.3 is 5.11 Å². The van der Waals surface area contributed by atoms with Crippen LogP contribution in [0.4, 0.5) is 0 Å². The smallest absolute Gasteiger partial charge is 0.0792 e. The van der Waals surface area contributed by atoms with Crippen LogP contribution >= 0.6 is 0 Å². The molecule has 19 heavy (non-hydrogen) atoms. The van der Waals surface area contributed by atoms with Crippen molar-refractivity contribution >= 4 is 0 Å². The number of aliphatic hydroxyl groups excluding tert-OH is 1. The zero-order valence-corrected chi connectivity index (χ0v) is 12.0. The van der Waals surface area contributed by atoms with Crippen molar-refractivity contribution in [3.8, 4) is 0 Å². The van der Waals surface area contributed by atoms with Gasteiger partial charge in [0.05, 0.1) is 6.10 Å². The van der Waals surface area contributed by atoms with Crippen LogP contribution in [0.1, 0.15) is 62.7 Å². The van der Waals surface area contributed by atoms with Crippen molar-refractivity contribution in [1.29, 1.82) is 0 Å². The van der Waals surface area contributed by atoms with Crippen molar-refractivity contribution in [2.45, 2.75) is 58.0 Å². The second-order valence-electron chi connectivity index (χ2n) is 6.68. The predicted octanol–water partition coefficient (Wildman–Crippen LogP) is 4.50. The lowest BCUT2D eigenvalue weighted by molar-refractivity contribution is 0.125. The average Bonchev–Trinajstić information content (AvgIpc) is 3.02. The van der Waals surface area contributed by atoms with E-state index in [9.17, 15) is 5.11 Å². The summed E-state index contributed by atoms with van der Waals surface area (Å²) >= 11 is 0. The molecule has 1 aromatic carbocycles. The maximum Gasteiger partial charge on any atom is 0.0792 e. The van der Waals surface area contributed by atoms with Crippen LogP contribution in [-0.4, -0.2) is 5.11 Å². The maximum atomic E-state index is 10.4. The normalized spacial score (nSPS) is 30.7. The fourth-order valence-electron chi connectivity index (χ4n) is 4.28. The van der Waals surface area contributed by atoms with Crippen LogP contribution in [0.2, 0.25) is 0 Å². The van der Waals surface area contributed by atoms with Crippen LogP contribution in [-0.2, 0) is 6.42 Å². The third kappa shape index (κ3) is 2.86. The second kappa shape index (κ2) is 5.66. The zero-order chi connectivity index (χ0) is 13.2. The Bertz CT molecular complexity index is 408. The van der Waals surface area contributed by atoms with Gasteiger partial charge >= 0.3 is 0 Å². The van der Waals surface area contributed by atoms with E-state index in [-0.39, 0.29) is 6.10 Å². The molecule has 2 bridgehead atoms. The molecular weight excluding hydrogens is 232 g/mol. The van der Waals surface area contributed by atoms with Gasteiger partial charge in [0.25, 0.3) is 0 Å². The summed E-state index contributed by atoms with van der Waals surface area (Å²) in [5, 5.41) is 10.4. The Morgan fingerprint density at radius 2 is 1.95 bits per heavy atom. The molecule has 1 heteroatoms. The molecule has 0 aliphatic heterocycles. The summed E-state index contributed by atoms with van der Waals surface area (Å²) in [6.45, 7) is 2.21. The first-order valence-electron chi connectivity index (χ1n) is 8.03. The van der Waals surface area contributed by atoms with Gasteiger partial charge in [-0.15, -0.1) is 0 Å². The Hall–Kier alpha value is -0.820. The van der Waals surface area contributed by atoms with Crippen molar-refractivity contribution in [2.24, 2.45) is 17.8 Å². The van der Waals surface area contributed by atoms with Gasteiger partial charge in [-0.2, -0.15) is 0 Å². The molecule has 3 rings (SSSR count). The standard InChI is InChI=1S/C18H26O/c1-2-3-13-4-7-15(8-5-13)18(19)12-17-11-14-6-9-16(17)10-14/h4-5,7-8,14,16-19H,2-3,6,9-12H2,1H3. The SMILES string of the molecule is CCCc1ccc(C(O)CC2CC3CCC2C3)cc1. The largest absolute Gasteiger partial charge is 0.388 e. The molecule has 4 unspecified atom stereocenters. The van der Waals surface area contributed by atoms with Crippen LogP contribution in [0.5, 0.6) is 0 Å². The van der Waals surface area contributed by atoms with Crippen LogP contribution in [0, 0.1) is 17.8 Å². The van der Waals surface area contributed by atoms with Crippen molar-refractivity contribution in [1.82, 2.24) is 0 Å². The van der Waals surface area contributed by atoms with Gasteiger partial charge in [0.15, 0.2) is 0 Å². The molecule has 0 radical (unpaired) electrons. The Balaban J connectivity index is 1.59. The summed E-state index contributed by atoms with van der Waals surface area (Å²) < 4.78 is 0. The molecule has 2 saturated carbocycles. The topological polar surface area (TPSA) is 20.2 Å². The Kier molecular flexibility index (Phi) is 3.93. The van der Waals surface area contributed by atoms with Gasteiger partial charge in [0.1, 0.15) is 0 Å². The minimum Gasteiger partial charge on any atom is -0.388 e. The van der Waals surface area contributed by atoms with Crippen molar-refractivity contribution in [2.75, 3.05) is 0 Å². The highest BCUT2D eigenvalue weighted by Crippen LogP contribution is 2.50. The third-order valence-corrected chi connectivity index (χ3v) is 5.31. The highest BCUT2D eigenvalue weighted by Gasteiger charge is 2.40. The maximum absolute atomic E-state index is 10.4. The lowest BCUT2D eigenvalue weighted by Gasteiger charge is -2.24. The zero-order valence-electron chi connectivity index (χ0n) is 12.0. The van der Waals surface area contributed by atoms with E-state index in [0.29, 0.717) is 0 Å². The van der Waals surface area contributed by atoms with E-state index in [0.717, 1.165) is 36.2 Å². The number of fused-ring (bicyclic) bond motifs is 2. The molecule has 2 aliphatic carbocycles. The molecule has 0 spiro atoms. The van der Waals surface area contributed by atoms with Crippen molar-refractivity contribution in [3.05, 3.63) is 35.4 Å². The quantitative estimate of drug-likeness (QED) is 0.824. The van der Waals surface area contributed by atoms with E-state index in [4.69, 9.17) is 0 Å². The number of aryl methyl sites for hydroxylation is 1. The fourth-order valence-corrected chi connectivity index (χ4v) is 4.28. The van der Waals surface area contributed by atoms with Crippen molar-refractivity contribution in [3.63, 3.8) is 0 Å². The summed E-state index contributed by atoms with van der Waals surface area (Å²) in [4.78, 5) is 0. The van der Waals surface area contributed by atoms with E-state index in [2.05, 4.69) is 31.2 Å². The molecule has 1 aromatic rings. The van der Waals surface area contributed by atoms with Crippen LogP contribution in [0.25, 0.3) is 0 Å². The molecule has 2 fully saturated rings. The highest BCUT2D eigenvalue weighted by atomic mass is 16.3. The lowest BCUT2D eigenvalue weighted by Crippen LogP contribution is -2.14. The van der Waals surface area contributed by atoms with Gasteiger partial charge in [-0.25, -0.2) is 0 Å². The first-order valence-corrected chi connectivity index (χ1v) is 8.03. The summed E-state index contributed by atoms with van der Waals surface area (Å²) in [6.07, 6.45) is 8.73. The van der Waals surface area contributed by atoms with Crippen LogP contribution in [0.3, 0.4) is 0 Å². The molecule has 1 nitrogen and oxygen atoms in total. The molecule has 4 atom stereocenters.